The van der Waals surface area contributed by atoms with Crippen LogP contribution in [0.2, 0.25) is 0 Å². The summed E-state index contributed by atoms with van der Waals surface area (Å²) in [5, 5.41) is 2.60. The Morgan fingerprint density at radius 2 is 2.38 bits per heavy atom. The number of Topliss-reactive ketones (excluding diaryl/α,β-unsaturated/α-hetero) is 1. The van der Waals surface area contributed by atoms with Gasteiger partial charge in [-0.05, 0) is 6.20 Å². The van der Waals surface area contributed by atoms with Crippen molar-refractivity contribution in [2.24, 2.45) is 0 Å². The fraction of sp³-hybridized carbons (Fsp3) is 0.200. The van der Waals surface area contributed by atoms with E-state index in [0.717, 1.165) is 0 Å². The summed E-state index contributed by atoms with van der Waals surface area (Å²) in [6.45, 7) is 6.75. The van der Waals surface area contributed by atoms with Crippen molar-refractivity contribution in [2.45, 2.75) is 0 Å². The third-order valence-electron chi connectivity index (χ3n) is 0.444. The van der Waals surface area contributed by atoms with Crippen LogP contribution in [0.25, 0.3) is 0 Å². The van der Waals surface area contributed by atoms with Gasteiger partial charge in [-0.3, -0.25) is 0 Å². The molecule has 0 aromatic carbocycles. The molecule has 0 fully saturated rings. The predicted molar refractivity (Wildman–Crippen MR) is 28.6 cm³/mol. The maximum atomic E-state index is 9.98. The first-order valence-corrected chi connectivity index (χ1v) is 1.96. The summed E-state index contributed by atoms with van der Waals surface area (Å²) in [5.41, 5.74) is 0. The van der Waals surface area contributed by atoms with Crippen LogP contribution in [-0.2, 0) is 25.9 Å². The van der Waals surface area contributed by atoms with Crippen LogP contribution in [0.4, 0.5) is 0 Å². The molecule has 0 aliphatic carbocycles. The molecule has 0 spiro atoms. The van der Waals surface area contributed by atoms with Crippen LogP contribution < -0.4 is 5.32 Å². The van der Waals surface area contributed by atoms with E-state index in [4.69, 9.17) is 0 Å². The molecule has 0 aromatic rings. The van der Waals surface area contributed by atoms with E-state index in [1.165, 1.54) is 6.20 Å². The van der Waals surface area contributed by atoms with Crippen LogP contribution >= 0.6 is 0 Å². The van der Waals surface area contributed by atoms with Crippen molar-refractivity contribution in [1.29, 1.82) is 0 Å². The SMILES string of the molecule is C=CNCC([CH2-])=O.[W+2]. The topological polar surface area (TPSA) is 29.1 Å². The van der Waals surface area contributed by atoms with E-state index in [1.54, 1.807) is 0 Å². The Morgan fingerprint density at radius 3 is 2.50 bits per heavy atom. The molecule has 0 unspecified atom stereocenters. The summed E-state index contributed by atoms with van der Waals surface area (Å²) in [5.74, 6) is -0.125. The van der Waals surface area contributed by atoms with Gasteiger partial charge in [0, 0.05) is 12.3 Å². The Bertz CT molecular complexity index is 82.5. The maximum absolute atomic E-state index is 9.98. The number of nitrogens with one attached hydrogen (secondary N) is 1. The fourth-order valence-corrected chi connectivity index (χ4v) is 0.186. The van der Waals surface area contributed by atoms with Crippen molar-refractivity contribution in [3.63, 3.8) is 0 Å². The minimum Gasteiger partial charge on any atom is -0.387 e. The second-order valence-electron chi connectivity index (χ2n) is 1.12. The average molecular weight is 282 g/mol. The number of ketones is 1. The van der Waals surface area contributed by atoms with Crippen molar-refractivity contribution >= 4 is 5.78 Å². The van der Waals surface area contributed by atoms with Gasteiger partial charge in [-0.1, -0.05) is 6.58 Å². The van der Waals surface area contributed by atoms with Gasteiger partial charge < -0.3 is 17.0 Å². The second-order valence-corrected chi connectivity index (χ2v) is 1.12. The molecule has 0 aliphatic rings. The first-order chi connectivity index (χ1) is 3.27. The first kappa shape index (κ1) is 10.7. The number of carbonyl (C=O) groups excluding carboxylic acids is 1. The smallest absolute Gasteiger partial charge is 0.387 e. The summed E-state index contributed by atoms with van der Waals surface area (Å²) in [4.78, 5) is 9.98. The second kappa shape index (κ2) is 6.77. The summed E-state index contributed by atoms with van der Waals surface area (Å²) < 4.78 is 0. The molecule has 2 nitrogen and oxygen atoms in total. The monoisotopic (exact) mass is 282 g/mol. The minimum atomic E-state index is -0.125. The Labute approximate surface area is 63.6 Å². The number of rotatable bonds is 3. The molecule has 0 amide bonds. The van der Waals surface area contributed by atoms with Gasteiger partial charge in [0.25, 0.3) is 0 Å². The number of carbonyl (C=O) groups is 1. The van der Waals surface area contributed by atoms with E-state index in [1.807, 2.05) is 0 Å². The van der Waals surface area contributed by atoms with E-state index < -0.39 is 0 Å². The zero-order chi connectivity index (χ0) is 5.70. The van der Waals surface area contributed by atoms with Gasteiger partial charge in [0.05, 0.1) is 0 Å². The zero-order valence-electron chi connectivity index (χ0n) is 4.52. The van der Waals surface area contributed by atoms with Gasteiger partial charge in [0.1, 0.15) is 0 Å². The Hall–Kier alpha value is -0.232. The summed E-state index contributed by atoms with van der Waals surface area (Å²) >= 11 is 0. The minimum absolute atomic E-state index is 0. The van der Waals surface area contributed by atoms with Gasteiger partial charge in [-0.15, -0.1) is 0 Å². The van der Waals surface area contributed by atoms with E-state index in [9.17, 15) is 4.79 Å². The van der Waals surface area contributed by atoms with Crippen molar-refractivity contribution < 1.29 is 25.9 Å². The average Bonchev–Trinajstić information content (AvgIpc) is 1.61. The molecule has 0 rings (SSSR count). The van der Waals surface area contributed by atoms with Crippen molar-refractivity contribution in [3.8, 4) is 0 Å². The van der Waals surface area contributed by atoms with Crippen LogP contribution in [0.1, 0.15) is 0 Å². The molecule has 0 heterocycles. The molecule has 0 aromatic heterocycles. The largest absolute Gasteiger partial charge is 2.00 e. The van der Waals surface area contributed by atoms with E-state index in [0.29, 0.717) is 0 Å². The molecular formula is C5H8NOW+. The molecule has 0 aliphatic heterocycles. The maximum Gasteiger partial charge on any atom is 2.00 e. The summed E-state index contributed by atoms with van der Waals surface area (Å²) in [7, 11) is 0. The third-order valence-corrected chi connectivity index (χ3v) is 0.444. The number of hydrogen-bond acceptors (Lipinski definition) is 2. The quantitative estimate of drug-likeness (QED) is 0.745. The molecule has 3 heteroatoms. The number of hydrogen-bond donors (Lipinski definition) is 1. The van der Waals surface area contributed by atoms with Gasteiger partial charge in [0.15, 0.2) is 0 Å². The van der Waals surface area contributed by atoms with E-state index >= 15 is 0 Å². The van der Waals surface area contributed by atoms with Gasteiger partial charge in [-0.2, -0.15) is 0 Å². The summed E-state index contributed by atoms with van der Waals surface area (Å²) in [6.07, 6.45) is 1.46. The molecule has 8 heavy (non-hydrogen) atoms. The van der Waals surface area contributed by atoms with Crippen LogP contribution in [0.3, 0.4) is 0 Å². The van der Waals surface area contributed by atoms with Gasteiger partial charge in [-0.25, -0.2) is 0 Å². The molecule has 0 saturated heterocycles. The Kier molecular flexibility index (Phi) is 9.05. The van der Waals surface area contributed by atoms with E-state index in [-0.39, 0.29) is 33.4 Å². The summed E-state index contributed by atoms with van der Waals surface area (Å²) in [6, 6.07) is 0. The molecule has 1 N–H and O–H groups in total. The zero-order valence-corrected chi connectivity index (χ0v) is 7.45. The van der Waals surface area contributed by atoms with Crippen LogP contribution in [0, 0.1) is 6.92 Å². The van der Waals surface area contributed by atoms with Crippen LogP contribution in [-0.4, -0.2) is 12.3 Å². The normalized spacial score (nSPS) is 6.50. The standard InChI is InChI=1S/C5H8NO.W/c1-3-6-4-5(2)7;/h3,6H,1-2,4H2;/q-1;+2. The Morgan fingerprint density at radius 1 is 1.88 bits per heavy atom. The van der Waals surface area contributed by atoms with Crippen molar-refractivity contribution in [3.05, 3.63) is 19.7 Å². The van der Waals surface area contributed by atoms with E-state index in [2.05, 4.69) is 18.8 Å². The van der Waals surface area contributed by atoms with Gasteiger partial charge >= 0.3 is 21.1 Å². The molecule has 0 atom stereocenters. The first-order valence-electron chi connectivity index (χ1n) is 1.96. The molecule has 0 radical (unpaired) electrons. The Balaban J connectivity index is 0. The predicted octanol–water partition coefficient (Wildman–Crippen LogP) is 0.120. The molecule has 44 valence electrons. The van der Waals surface area contributed by atoms with Crippen molar-refractivity contribution in [1.82, 2.24) is 5.32 Å². The van der Waals surface area contributed by atoms with Crippen molar-refractivity contribution in [2.75, 3.05) is 6.54 Å². The van der Waals surface area contributed by atoms with Gasteiger partial charge in [0.2, 0.25) is 0 Å². The molecule has 0 bridgehead atoms. The van der Waals surface area contributed by atoms with Crippen LogP contribution in [0.15, 0.2) is 12.8 Å². The molecular weight excluding hydrogens is 274 g/mol. The third kappa shape index (κ3) is 9.24. The fourth-order valence-electron chi connectivity index (χ4n) is 0.186. The van der Waals surface area contributed by atoms with Crippen LogP contribution in [0.5, 0.6) is 0 Å². The molecule has 0 saturated carbocycles.